The molecule has 1 aliphatic carbocycles. The van der Waals surface area contributed by atoms with E-state index in [9.17, 15) is 0 Å². The minimum atomic E-state index is 0.743. The third-order valence-corrected chi connectivity index (χ3v) is 3.71. The summed E-state index contributed by atoms with van der Waals surface area (Å²) < 4.78 is 2.15. The van der Waals surface area contributed by atoms with Crippen molar-refractivity contribution in [3.8, 4) is 11.3 Å². The van der Waals surface area contributed by atoms with E-state index in [2.05, 4.69) is 26.5 Å². The van der Waals surface area contributed by atoms with E-state index in [0.29, 0.717) is 0 Å². The number of hydrogen-bond donors (Lipinski definition) is 1. The quantitative estimate of drug-likeness (QED) is 0.884. The molecule has 0 aromatic carbocycles. The van der Waals surface area contributed by atoms with E-state index in [-0.39, 0.29) is 0 Å². The van der Waals surface area contributed by atoms with Gasteiger partial charge in [0.15, 0.2) is 0 Å². The van der Waals surface area contributed by atoms with Gasteiger partial charge in [-0.3, -0.25) is 4.98 Å². The third kappa shape index (κ3) is 2.61. The predicted molar refractivity (Wildman–Crippen MR) is 75.5 cm³/mol. The number of rotatable bonds is 5. The number of nitrogen functional groups attached to an aromatic ring is 1. The van der Waals surface area contributed by atoms with Crippen LogP contribution in [-0.2, 0) is 6.54 Å². The van der Waals surface area contributed by atoms with Crippen LogP contribution >= 0.6 is 0 Å². The van der Waals surface area contributed by atoms with Crippen molar-refractivity contribution >= 4 is 5.69 Å². The largest absolute Gasteiger partial charge is 0.398 e. The highest BCUT2D eigenvalue weighted by Gasteiger charge is 2.25. The first-order valence-corrected chi connectivity index (χ1v) is 6.66. The average molecular weight is 257 g/mol. The van der Waals surface area contributed by atoms with Gasteiger partial charge in [-0.25, -0.2) is 4.98 Å². The van der Waals surface area contributed by atoms with Gasteiger partial charge < -0.3 is 15.2 Å². The molecule has 1 fully saturated rings. The van der Waals surface area contributed by atoms with E-state index in [1.165, 1.54) is 12.8 Å². The summed E-state index contributed by atoms with van der Waals surface area (Å²) in [7, 11) is 2.19. The molecule has 2 heterocycles. The second-order valence-electron chi connectivity index (χ2n) is 5.15. The highest BCUT2D eigenvalue weighted by molar-refractivity contribution is 5.72. The van der Waals surface area contributed by atoms with Crippen LogP contribution in [-0.4, -0.2) is 39.1 Å². The summed E-state index contributed by atoms with van der Waals surface area (Å²) in [5.74, 6) is 0. The molecule has 0 spiro atoms. The molecule has 19 heavy (non-hydrogen) atoms. The van der Waals surface area contributed by atoms with Gasteiger partial charge in [0.05, 0.1) is 18.2 Å². The zero-order valence-electron chi connectivity index (χ0n) is 11.2. The number of aromatic nitrogens is 3. The Bertz CT molecular complexity index is 558. The van der Waals surface area contributed by atoms with E-state index in [1.807, 2.05) is 18.6 Å². The zero-order chi connectivity index (χ0) is 13.2. The van der Waals surface area contributed by atoms with Crippen molar-refractivity contribution in [3.05, 3.63) is 31.0 Å². The van der Waals surface area contributed by atoms with Gasteiger partial charge >= 0.3 is 0 Å². The Morgan fingerprint density at radius 2 is 2.21 bits per heavy atom. The van der Waals surface area contributed by atoms with E-state index in [4.69, 9.17) is 5.73 Å². The van der Waals surface area contributed by atoms with E-state index in [1.54, 1.807) is 12.4 Å². The lowest BCUT2D eigenvalue weighted by Gasteiger charge is -2.17. The molecule has 0 saturated heterocycles. The van der Waals surface area contributed by atoms with Crippen LogP contribution in [0.2, 0.25) is 0 Å². The highest BCUT2D eigenvalue weighted by Crippen LogP contribution is 2.26. The smallest absolute Gasteiger partial charge is 0.0951 e. The first kappa shape index (κ1) is 12.2. The Morgan fingerprint density at radius 3 is 2.95 bits per heavy atom. The molecule has 0 amide bonds. The normalized spacial score (nSPS) is 15.1. The molecule has 3 rings (SSSR count). The molecule has 0 aliphatic heterocycles. The van der Waals surface area contributed by atoms with Crippen LogP contribution in [0.5, 0.6) is 0 Å². The number of likely N-dealkylation sites (N-methyl/N-ethyl adjacent to an activating group) is 1. The summed E-state index contributed by atoms with van der Waals surface area (Å²) >= 11 is 0. The molecule has 5 heteroatoms. The lowest BCUT2D eigenvalue weighted by atomic mass is 10.2. The predicted octanol–water partition coefficient (Wildman–Crippen LogP) is 1.62. The van der Waals surface area contributed by atoms with Crippen LogP contribution in [0.4, 0.5) is 5.69 Å². The molecule has 0 radical (unpaired) electrons. The van der Waals surface area contributed by atoms with Crippen molar-refractivity contribution in [2.24, 2.45) is 0 Å². The Kier molecular flexibility index (Phi) is 3.21. The molecule has 1 saturated carbocycles. The van der Waals surface area contributed by atoms with Crippen molar-refractivity contribution < 1.29 is 0 Å². The van der Waals surface area contributed by atoms with Gasteiger partial charge in [-0.2, -0.15) is 0 Å². The number of nitrogens with zero attached hydrogens (tertiary/aromatic N) is 4. The van der Waals surface area contributed by atoms with Crippen LogP contribution in [0.3, 0.4) is 0 Å². The second kappa shape index (κ2) is 5.01. The average Bonchev–Trinajstić information content (AvgIpc) is 3.16. The molecule has 0 atom stereocenters. The molecular weight excluding hydrogens is 238 g/mol. The van der Waals surface area contributed by atoms with Crippen molar-refractivity contribution in [1.29, 1.82) is 0 Å². The first-order valence-electron chi connectivity index (χ1n) is 6.66. The van der Waals surface area contributed by atoms with Crippen LogP contribution in [0.15, 0.2) is 31.0 Å². The molecule has 0 bridgehead atoms. The lowest BCUT2D eigenvalue weighted by Crippen LogP contribution is -2.25. The Balaban J connectivity index is 1.76. The van der Waals surface area contributed by atoms with Crippen LogP contribution in [0, 0.1) is 0 Å². The van der Waals surface area contributed by atoms with Gasteiger partial charge in [-0.15, -0.1) is 0 Å². The molecule has 1 aliphatic rings. The summed E-state index contributed by atoms with van der Waals surface area (Å²) in [6, 6.07) is 2.61. The maximum Gasteiger partial charge on any atom is 0.0951 e. The topological polar surface area (TPSA) is 60.0 Å². The first-order chi connectivity index (χ1) is 9.25. The maximum atomic E-state index is 6.00. The minimum absolute atomic E-state index is 0.743. The monoisotopic (exact) mass is 257 g/mol. The number of imidazole rings is 1. The van der Waals surface area contributed by atoms with Crippen LogP contribution in [0.1, 0.15) is 12.8 Å². The maximum absolute atomic E-state index is 6.00. The lowest BCUT2D eigenvalue weighted by molar-refractivity contribution is 0.309. The summed E-state index contributed by atoms with van der Waals surface area (Å²) in [6.07, 6.45) is 9.90. The Labute approximate surface area is 113 Å². The number of pyridine rings is 1. The summed E-state index contributed by atoms with van der Waals surface area (Å²) in [5, 5.41) is 0. The third-order valence-electron chi connectivity index (χ3n) is 3.71. The van der Waals surface area contributed by atoms with Gasteiger partial charge in [-0.1, -0.05) is 0 Å². The standard InChI is InChI=1S/C14H19N5/c1-18(11-2-3-11)6-7-19-10-17-9-14(19)12-8-16-5-4-13(12)15/h4-5,8-11H,2-3,6-7H2,1H3,(H2,15,16). The van der Waals surface area contributed by atoms with Crippen molar-refractivity contribution in [1.82, 2.24) is 19.4 Å². The number of anilines is 1. The van der Waals surface area contributed by atoms with E-state index < -0.39 is 0 Å². The fourth-order valence-corrected chi connectivity index (χ4v) is 2.31. The van der Waals surface area contributed by atoms with Gasteiger partial charge in [0, 0.05) is 42.8 Å². The molecule has 100 valence electrons. The number of nitrogens with two attached hydrogens (primary N) is 1. The fraction of sp³-hybridized carbons (Fsp3) is 0.429. The van der Waals surface area contributed by atoms with E-state index >= 15 is 0 Å². The van der Waals surface area contributed by atoms with Gasteiger partial charge in [0.1, 0.15) is 0 Å². The van der Waals surface area contributed by atoms with Gasteiger partial charge in [0.2, 0.25) is 0 Å². The minimum Gasteiger partial charge on any atom is -0.398 e. The van der Waals surface area contributed by atoms with E-state index in [0.717, 1.165) is 36.1 Å². The molecule has 2 N–H and O–H groups in total. The Hall–Kier alpha value is -1.88. The molecule has 0 unspecified atom stereocenters. The molecule has 2 aromatic heterocycles. The summed E-state index contributed by atoms with van der Waals surface area (Å²) in [4.78, 5) is 10.8. The second-order valence-corrected chi connectivity index (χ2v) is 5.15. The van der Waals surface area contributed by atoms with Crippen molar-refractivity contribution in [2.45, 2.75) is 25.4 Å². The van der Waals surface area contributed by atoms with Crippen LogP contribution < -0.4 is 5.73 Å². The highest BCUT2D eigenvalue weighted by atomic mass is 15.2. The fourth-order valence-electron chi connectivity index (χ4n) is 2.31. The Morgan fingerprint density at radius 1 is 1.37 bits per heavy atom. The molecule has 5 nitrogen and oxygen atoms in total. The van der Waals surface area contributed by atoms with Crippen molar-refractivity contribution in [2.75, 3.05) is 19.3 Å². The SMILES string of the molecule is CN(CCn1cncc1-c1cnccc1N)C1CC1. The summed E-state index contributed by atoms with van der Waals surface area (Å²) in [6.45, 7) is 1.96. The van der Waals surface area contributed by atoms with Crippen LogP contribution in [0.25, 0.3) is 11.3 Å². The van der Waals surface area contributed by atoms with Gasteiger partial charge in [-0.05, 0) is 26.0 Å². The van der Waals surface area contributed by atoms with Gasteiger partial charge in [0.25, 0.3) is 0 Å². The van der Waals surface area contributed by atoms with Crippen molar-refractivity contribution in [3.63, 3.8) is 0 Å². The molecule has 2 aromatic rings. The molecular formula is C14H19N5. The summed E-state index contributed by atoms with van der Waals surface area (Å²) in [5.41, 5.74) is 8.74. The zero-order valence-corrected chi connectivity index (χ0v) is 11.2. The number of hydrogen-bond acceptors (Lipinski definition) is 4.